The van der Waals surface area contributed by atoms with Crippen LogP contribution in [0.15, 0.2) is 38.5 Å². The molecule has 4 aromatic rings. The van der Waals surface area contributed by atoms with Gasteiger partial charge in [0.1, 0.15) is 6.07 Å². The molecule has 168 valence electrons. The average Bonchev–Trinajstić information content (AvgIpc) is 3.56. The van der Waals surface area contributed by atoms with E-state index in [1.54, 1.807) is 21.5 Å². The van der Waals surface area contributed by atoms with Crippen molar-refractivity contribution in [1.82, 2.24) is 29.5 Å². The zero-order valence-corrected chi connectivity index (χ0v) is 18.9. The number of carbonyl (C=O) groups excluding carboxylic acids is 1. The van der Waals surface area contributed by atoms with Gasteiger partial charge in [0.25, 0.3) is 11.7 Å². The molecule has 33 heavy (non-hydrogen) atoms. The molecule has 0 unspecified atom stereocenters. The molecule has 0 aromatic carbocycles. The van der Waals surface area contributed by atoms with Crippen LogP contribution in [0, 0.1) is 25.2 Å². The minimum atomic E-state index is 0.00807. The van der Waals surface area contributed by atoms with Crippen LogP contribution in [-0.2, 0) is 4.79 Å². The second-order valence-corrected chi connectivity index (χ2v) is 8.51. The van der Waals surface area contributed by atoms with Crippen LogP contribution >= 0.6 is 11.8 Å². The molecular formula is C21H20N8O3S. The third kappa shape index (κ3) is 4.14. The third-order valence-electron chi connectivity index (χ3n) is 5.29. The Bertz CT molecular complexity index is 1350. The monoisotopic (exact) mass is 464 g/mol. The van der Waals surface area contributed by atoms with Crippen LogP contribution in [0.1, 0.15) is 17.1 Å². The highest BCUT2D eigenvalue weighted by atomic mass is 32.2. The van der Waals surface area contributed by atoms with Gasteiger partial charge in [-0.15, -0.1) is 5.10 Å². The van der Waals surface area contributed by atoms with Gasteiger partial charge in [0.05, 0.1) is 12.0 Å². The molecule has 11 nitrogen and oxygen atoms in total. The number of fused-ring (bicyclic) bond motifs is 1. The highest BCUT2D eigenvalue weighted by molar-refractivity contribution is 7.99. The molecule has 0 spiro atoms. The molecule has 1 fully saturated rings. The number of aromatic nitrogens is 5. The number of thioether (sulfide) groups is 1. The van der Waals surface area contributed by atoms with Crippen molar-refractivity contribution in [3.8, 4) is 17.7 Å². The molecule has 0 atom stereocenters. The van der Waals surface area contributed by atoms with Gasteiger partial charge in [-0.05, 0) is 32.0 Å². The normalized spacial score (nSPS) is 14.1. The molecule has 1 saturated heterocycles. The van der Waals surface area contributed by atoms with Crippen LogP contribution in [0.4, 0.5) is 5.88 Å². The van der Waals surface area contributed by atoms with E-state index < -0.39 is 0 Å². The Balaban J connectivity index is 1.20. The zero-order valence-electron chi connectivity index (χ0n) is 18.1. The Kier molecular flexibility index (Phi) is 5.47. The van der Waals surface area contributed by atoms with Crippen LogP contribution in [-0.4, -0.2) is 67.3 Å². The summed E-state index contributed by atoms with van der Waals surface area (Å²) in [4.78, 5) is 29.5. The highest BCUT2D eigenvalue weighted by Gasteiger charge is 2.27. The summed E-state index contributed by atoms with van der Waals surface area (Å²) in [5.74, 6) is 1.91. The number of anilines is 1. The van der Waals surface area contributed by atoms with Crippen molar-refractivity contribution in [2.24, 2.45) is 0 Å². The maximum Gasteiger partial charge on any atom is 0.266 e. The minimum absolute atomic E-state index is 0.00807. The van der Waals surface area contributed by atoms with Crippen molar-refractivity contribution in [1.29, 1.82) is 5.26 Å². The number of hydrogen-bond donors (Lipinski definition) is 0. The number of piperazine rings is 1. The smallest absolute Gasteiger partial charge is 0.266 e. The molecule has 5 rings (SSSR count). The van der Waals surface area contributed by atoms with Crippen molar-refractivity contribution < 1.29 is 13.6 Å². The number of nitrogens with zero attached hydrogens (tertiary/aromatic N) is 8. The van der Waals surface area contributed by atoms with E-state index in [1.165, 1.54) is 18.0 Å². The first-order valence-corrected chi connectivity index (χ1v) is 11.3. The average molecular weight is 465 g/mol. The first-order chi connectivity index (χ1) is 16.0. The molecule has 1 aliphatic heterocycles. The lowest BCUT2D eigenvalue weighted by Crippen LogP contribution is -2.49. The molecule has 12 heteroatoms. The Labute approximate surface area is 193 Å². The SMILES string of the molecule is Cc1cc(C)n2nc(SCC(=O)N3CCN(c4oc(-c5ccco5)nc4C#N)CC3)nc2n1. The standard InChI is InChI=1S/C21H20N8O3S/c1-13-10-14(2)29-20(23-13)25-21(26-29)33-12-17(30)27-5-7-28(8-6-27)19-15(11-22)24-18(32-19)16-4-3-9-31-16/h3-4,9-10H,5-8,12H2,1-2H3. The summed E-state index contributed by atoms with van der Waals surface area (Å²) >= 11 is 1.30. The molecule has 1 aliphatic rings. The van der Waals surface area contributed by atoms with Gasteiger partial charge in [-0.3, -0.25) is 4.79 Å². The number of nitriles is 1. The summed E-state index contributed by atoms with van der Waals surface area (Å²) in [6, 6.07) is 7.46. The summed E-state index contributed by atoms with van der Waals surface area (Å²) < 4.78 is 12.8. The predicted molar refractivity (Wildman–Crippen MR) is 119 cm³/mol. The third-order valence-corrected chi connectivity index (χ3v) is 6.11. The van der Waals surface area contributed by atoms with Gasteiger partial charge in [-0.1, -0.05) is 11.8 Å². The van der Waals surface area contributed by atoms with Crippen molar-refractivity contribution in [2.45, 2.75) is 19.0 Å². The predicted octanol–water partition coefficient (Wildman–Crippen LogP) is 2.30. The molecule has 0 saturated carbocycles. The Morgan fingerprint density at radius 3 is 2.76 bits per heavy atom. The fourth-order valence-corrected chi connectivity index (χ4v) is 4.41. The minimum Gasteiger partial charge on any atom is -0.459 e. The summed E-state index contributed by atoms with van der Waals surface area (Å²) in [6.45, 7) is 5.95. The summed E-state index contributed by atoms with van der Waals surface area (Å²) in [5.41, 5.74) is 2.02. The van der Waals surface area contributed by atoms with E-state index in [0.717, 1.165) is 11.4 Å². The lowest BCUT2D eigenvalue weighted by molar-refractivity contribution is -0.128. The van der Waals surface area contributed by atoms with E-state index in [0.29, 0.717) is 48.8 Å². The van der Waals surface area contributed by atoms with Crippen LogP contribution in [0.3, 0.4) is 0 Å². The topological polar surface area (TPSA) is 130 Å². The van der Waals surface area contributed by atoms with E-state index in [9.17, 15) is 10.1 Å². The van der Waals surface area contributed by atoms with Gasteiger partial charge in [-0.25, -0.2) is 9.50 Å². The molecule has 4 aromatic heterocycles. The summed E-state index contributed by atoms with van der Waals surface area (Å²) in [7, 11) is 0. The van der Waals surface area contributed by atoms with Crippen LogP contribution < -0.4 is 4.90 Å². The Morgan fingerprint density at radius 1 is 1.21 bits per heavy atom. The summed E-state index contributed by atoms with van der Waals surface area (Å²) in [6.07, 6.45) is 1.52. The lowest BCUT2D eigenvalue weighted by atomic mass is 10.3. The number of aryl methyl sites for hydroxylation is 2. The number of hydrogen-bond acceptors (Lipinski definition) is 10. The van der Waals surface area contributed by atoms with Crippen molar-refractivity contribution in [3.63, 3.8) is 0 Å². The number of rotatable bonds is 5. The zero-order chi connectivity index (χ0) is 22.9. The van der Waals surface area contributed by atoms with E-state index >= 15 is 0 Å². The van der Waals surface area contributed by atoms with E-state index in [-0.39, 0.29) is 23.2 Å². The number of amides is 1. The van der Waals surface area contributed by atoms with Crippen molar-refractivity contribution in [2.75, 3.05) is 36.8 Å². The Morgan fingerprint density at radius 2 is 2.03 bits per heavy atom. The van der Waals surface area contributed by atoms with E-state index in [1.807, 2.05) is 24.8 Å². The van der Waals surface area contributed by atoms with Gasteiger partial charge in [0.2, 0.25) is 22.6 Å². The second kappa shape index (κ2) is 8.59. The van der Waals surface area contributed by atoms with Crippen molar-refractivity contribution >= 4 is 29.3 Å². The molecule has 0 radical (unpaired) electrons. The first kappa shape index (κ1) is 21.0. The van der Waals surface area contributed by atoms with Gasteiger partial charge < -0.3 is 18.6 Å². The maximum atomic E-state index is 12.7. The maximum absolute atomic E-state index is 12.7. The fourth-order valence-electron chi connectivity index (χ4n) is 3.69. The number of furan rings is 1. The molecular weight excluding hydrogens is 444 g/mol. The fraction of sp³-hybridized carbons (Fsp3) is 0.333. The van der Waals surface area contributed by atoms with Gasteiger partial charge in [0.15, 0.2) is 5.76 Å². The van der Waals surface area contributed by atoms with Crippen LogP contribution in [0.5, 0.6) is 0 Å². The largest absolute Gasteiger partial charge is 0.459 e. The highest BCUT2D eigenvalue weighted by Crippen LogP contribution is 2.29. The van der Waals surface area contributed by atoms with Gasteiger partial charge in [-0.2, -0.15) is 15.2 Å². The number of carbonyl (C=O) groups is 1. The van der Waals surface area contributed by atoms with Gasteiger partial charge >= 0.3 is 0 Å². The quantitative estimate of drug-likeness (QED) is 0.406. The molecule has 1 amide bonds. The van der Waals surface area contributed by atoms with E-state index in [4.69, 9.17) is 8.83 Å². The van der Waals surface area contributed by atoms with Crippen LogP contribution in [0.2, 0.25) is 0 Å². The number of oxazole rings is 1. The van der Waals surface area contributed by atoms with Gasteiger partial charge in [0, 0.05) is 37.6 Å². The van der Waals surface area contributed by atoms with Crippen molar-refractivity contribution in [3.05, 3.63) is 41.5 Å². The molecule has 0 bridgehead atoms. The lowest BCUT2D eigenvalue weighted by Gasteiger charge is -2.34. The Hall–Kier alpha value is -3.85. The van der Waals surface area contributed by atoms with Crippen LogP contribution in [0.25, 0.3) is 17.4 Å². The molecule has 0 aliphatic carbocycles. The first-order valence-electron chi connectivity index (χ1n) is 10.3. The molecule has 0 N–H and O–H groups in total. The molecule has 5 heterocycles. The van der Waals surface area contributed by atoms with E-state index in [2.05, 4.69) is 26.1 Å². The second-order valence-electron chi connectivity index (χ2n) is 7.56. The summed E-state index contributed by atoms with van der Waals surface area (Å²) in [5, 5.41) is 14.4.